The SMILES string of the molecule is CN1CCN(CCn2cnc3cc[nH]c3c2=O)CC1. The van der Waals surface area contributed by atoms with Crippen molar-refractivity contribution in [2.75, 3.05) is 39.8 Å². The molecule has 0 aliphatic carbocycles. The van der Waals surface area contributed by atoms with E-state index < -0.39 is 0 Å². The predicted molar refractivity (Wildman–Crippen MR) is 74.3 cm³/mol. The number of fused-ring (bicyclic) bond motifs is 1. The van der Waals surface area contributed by atoms with Crippen LogP contribution in [0.15, 0.2) is 23.4 Å². The van der Waals surface area contributed by atoms with Gasteiger partial charge in [0.05, 0.1) is 11.8 Å². The van der Waals surface area contributed by atoms with Gasteiger partial charge in [0.15, 0.2) is 0 Å². The molecule has 0 saturated carbocycles. The lowest BCUT2D eigenvalue weighted by atomic mass is 10.3. The van der Waals surface area contributed by atoms with Gasteiger partial charge in [-0.25, -0.2) is 4.98 Å². The van der Waals surface area contributed by atoms with Crippen LogP contribution in [-0.2, 0) is 6.54 Å². The number of nitrogens with zero attached hydrogens (tertiary/aromatic N) is 4. The average molecular weight is 261 g/mol. The molecule has 6 heteroatoms. The van der Waals surface area contributed by atoms with Crippen molar-refractivity contribution in [2.24, 2.45) is 0 Å². The molecule has 1 N–H and O–H groups in total. The summed E-state index contributed by atoms with van der Waals surface area (Å²) in [6.45, 7) is 5.95. The second-order valence-electron chi connectivity index (χ2n) is 5.13. The van der Waals surface area contributed by atoms with Crippen molar-refractivity contribution in [1.29, 1.82) is 0 Å². The summed E-state index contributed by atoms with van der Waals surface area (Å²) in [5.41, 5.74) is 1.35. The molecule has 2 aromatic heterocycles. The van der Waals surface area contributed by atoms with E-state index in [0.29, 0.717) is 12.1 Å². The van der Waals surface area contributed by atoms with E-state index >= 15 is 0 Å². The van der Waals surface area contributed by atoms with Crippen LogP contribution in [-0.4, -0.2) is 64.1 Å². The number of likely N-dealkylation sites (N-methyl/N-ethyl adjacent to an activating group) is 1. The number of H-pyrrole nitrogens is 1. The summed E-state index contributed by atoms with van der Waals surface area (Å²) in [5.74, 6) is 0. The topological polar surface area (TPSA) is 57.2 Å². The van der Waals surface area contributed by atoms with E-state index in [1.54, 1.807) is 17.1 Å². The monoisotopic (exact) mass is 261 g/mol. The Morgan fingerprint density at radius 2 is 2.05 bits per heavy atom. The molecule has 2 aromatic rings. The van der Waals surface area contributed by atoms with Crippen LogP contribution in [0.2, 0.25) is 0 Å². The molecule has 6 nitrogen and oxygen atoms in total. The maximum absolute atomic E-state index is 12.2. The number of aromatic nitrogens is 3. The summed E-state index contributed by atoms with van der Waals surface area (Å²) in [5, 5.41) is 0. The van der Waals surface area contributed by atoms with Crippen molar-refractivity contribution in [3.63, 3.8) is 0 Å². The molecule has 0 spiro atoms. The average Bonchev–Trinajstić information content (AvgIpc) is 2.89. The van der Waals surface area contributed by atoms with Crippen LogP contribution in [0.25, 0.3) is 11.0 Å². The van der Waals surface area contributed by atoms with Gasteiger partial charge < -0.3 is 9.88 Å². The molecule has 1 aliphatic rings. The van der Waals surface area contributed by atoms with Crippen LogP contribution in [0, 0.1) is 0 Å². The van der Waals surface area contributed by atoms with Gasteiger partial charge in [0.1, 0.15) is 5.52 Å². The largest absolute Gasteiger partial charge is 0.355 e. The molecule has 3 heterocycles. The van der Waals surface area contributed by atoms with E-state index in [1.807, 2.05) is 6.07 Å². The van der Waals surface area contributed by atoms with Crippen LogP contribution < -0.4 is 5.56 Å². The zero-order valence-electron chi connectivity index (χ0n) is 11.2. The summed E-state index contributed by atoms with van der Waals surface area (Å²) in [7, 11) is 2.14. The fourth-order valence-electron chi connectivity index (χ4n) is 2.45. The molecule has 19 heavy (non-hydrogen) atoms. The van der Waals surface area contributed by atoms with Gasteiger partial charge in [-0.2, -0.15) is 0 Å². The highest BCUT2D eigenvalue weighted by atomic mass is 16.1. The quantitative estimate of drug-likeness (QED) is 0.843. The molecule has 0 radical (unpaired) electrons. The molecule has 3 rings (SSSR count). The molecule has 1 saturated heterocycles. The smallest absolute Gasteiger partial charge is 0.277 e. The standard InChI is InChI=1S/C13H19N5O/c1-16-4-6-17(7-5-16)8-9-18-10-15-11-2-3-14-12(11)13(18)19/h2-3,10,14H,4-9H2,1H3. The molecule has 0 aromatic carbocycles. The minimum absolute atomic E-state index is 0.0177. The maximum Gasteiger partial charge on any atom is 0.277 e. The number of hydrogen-bond acceptors (Lipinski definition) is 4. The molecule has 0 unspecified atom stereocenters. The third kappa shape index (κ3) is 2.54. The third-order valence-electron chi connectivity index (χ3n) is 3.79. The van der Waals surface area contributed by atoms with Crippen molar-refractivity contribution in [3.05, 3.63) is 28.9 Å². The highest BCUT2D eigenvalue weighted by Crippen LogP contribution is 2.03. The van der Waals surface area contributed by atoms with E-state index in [9.17, 15) is 4.79 Å². The maximum atomic E-state index is 12.2. The number of nitrogens with one attached hydrogen (secondary N) is 1. The third-order valence-corrected chi connectivity index (χ3v) is 3.79. The zero-order valence-corrected chi connectivity index (χ0v) is 11.2. The number of hydrogen-bond donors (Lipinski definition) is 1. The predicted octanol–water partition coefficient (Wildman–Crippen LogP) is -0.0280. The van der Waals surface area contributed by atoms with Crippen molar-refractivity contribution >= 4 is 11.0 Å². The van der Waals surface area contributed by atoms with Gasteiger partial charge in [-0.05, 0) is 13.1 Å². The first-order chi connectivity index (χ1) is 9.24. The van der Waals surface area contributed by atoms with Gasteiger partial charge in [-0.15, -0.1) is 0 Å². The van der Waals surface area contributed by atoms with Gasteiger partial charge in [0.25, 0.3) is 5.56 Å². The Morgan fingerprint density at radius 3 is 2.84 bits per heavy atom. The normalized spacial score (nSPS) is 18.2. The summed E-state index contributed by atoms with van der Waals surface area (Å²) < 4.78 is 1.69. The first-order valence-electron chi connectivity index (χ1n) is 6.67. The molecule has 1 aliphatic heterocycles. The summed E-state index contributed by atoms with van der Waals surface area (Å²) >= 11 is 0. The van der Waals surface area contributed by atoms with Crippen LogP contribution in [0.3, 0.4) is 0 Å². The van der Waals surface area contributed by atoms with E-state index in [0.717, 1.165) is 38.2 Å². The highest BCUT2D eigenvalue weighted by Gasteiger charge is 2.13. The zero-order chi connectivity index (χ0) is 13.2. The molecule has 0 bridgehead atoms. The fourth-order valence-corrected chi connectivity index (χ4v) is 2.45. The van der Waals surface area contributed by atoms with Crippen molar-refractivity contribution < 1.29 is 0 Å². The summed E-state index contributed by atoms with van der Waals surface area (Å²) in [6.07, 6.45) is 3.40. The Morgan fingerprint density at radius 1 is 1.26 bits per heavy atom. The first-order valence-corrected chi connectivity index (χ1v) is 6.67. The van der Waals surface area contributed by atoms with Gasteiger partial charge >= 0.3 is 0 Å². The number of rotatable bonds is 3. The molecule has 102 valence electrons. The van der Waals surface area contributed by atoms with Gasteiger partial charge in [-0.3, -0.25) is 14.3 Å². The number of piperazine rings is 1. The lowest BCUT2D eigenvalue weighted by molar-refractivity contribution is 0.149. The fraction of sp³-hybridized carbons (Fsp3) is 0.538. The van der Waals surface area contributed by atoms with Crippen LogP contribution in [0.5, 0.6) is 0 Å². The Hall–Kier alpha value is -1.66. The minimum Gasteiger partial charge on any atom is -0.355 e. The van der Waals surface area contributed by atoms with Gasteiger partial charge in [-0.1, -0.05) is 0 Å². The number of aromatic amines is 1. The Bertz CT molecular complexity index is 609. The van der Waals surface area contributed by atoms with Crippen LogP contribution in [0.1, 0.15) is 0 Å². The molecular weight excluding hydrogens is 242 g/mol. The van der Waals surface area contributed by atoms with Crippen molar-refractivity contribution in [3.8, 4) is 0 Å². The Labute approximate surface area is 111 Å². The Balaban J connectivity index is 1.68. The second kappa shape index (κ2) is 5.14. The highest BCUT2D eigenvalue weighted by molar-refractivity contribution is 5.73. The molecule has 0 amide bonds. The molecule has 0 atom stereocenters. The Kier molecular flexibility index (Phi) is 3.35. The van der Waals surface area contributed by atoms with Crippen molar-refractivity contribution in [2.45, 2.75) is 6.54 Å². The van der Waals surface area contributed by atoms with E-state index in [2.05, 4.69) is 26.8 Å². The van der Waals surface area contributed by atoms with Crippen molar-refractivity contribution in [1.82, 2.24) is 24.3 Å². The lowest BCUT2D eigenvalue weighted by Gasteiger charge is -2.32. The van der Waals surface area contributed by atoms with E-state index in [-0.39, 0.29) is 5.56 Å². The first kappa shape index (κ1) is 12.4. The van der Waals surface area contributed by atoms with Gasteiger partial charge in [0, 0.05) is 45.5 Å². The van der Waals surface area contributed by atoms with E-state index in [1.165, 1.54) is 0 Å². The summed E-state index contributed by atoms with van der Waals surface area (Å²) in [6, 6.07) is 1.82. The molecular formula is C13H19N5O. The van der Waals surface area contributed by atoms with Crippen LogP contribution >= 0.6 is 0 Å². The van der Waals surface area contributed by atoms with Crippen LogP contribution in [0.4, 0.5) is 0 Å². The second-order valence-corrected chi connectivity index (χ2v) is 5.13. The van der Waals surface area contributed by atoms with E-state index in [4.69, 9.17) is 0 Å². The lowest BCUT2D eigenvalue weighted by Crippen LogP contribution is -2.45. The molecule has 1 fully saturated rings. The van der Waals surface area contributed by atoms with Gasteiger partial charge in [0.2, 0.25) is 0 Å². The minimum atomic E-state index is 0.0177. The summed E-state index contributed by atoms with van der Waals surface area (Å²) in [4.78, 5) is 24.1.